The van der Waals surface area contributed by atoms with Crippen molar-refractivity contribution < 1.29 is 14.3 Å². The number of Topliss-reactive ketones (excluding diaryl/α,β-unsaturated/α-hetero) is 1. The van der Waals surface area contributed by atoms with Crippen LogP contribution >= 0.6 is 0 Å². The van der Waals surface area contributed by atoms with Gasteiger partial charge in [0.25, 0.3) is 0 Å². The number of benzene rings is 3. The Bertz CT molecular complexity index is 1330. The van der Waals surface area contributed by atoms with Crippen molar-refractivity contribution in [2.45, 2.75) is 45.1 Å². The SMILES string of the molecule is Cc1ccc(COc2ccc(C3CC(=O)N(c4ccc(C#N)cc4)C4=C3C(=O)CCC4)cc2)cc1. The molecule has 1 unspecified atom stereocenters. The maximum Gasteiger partial charge on any atom is 0.232 e. The minimum atomic E-state index is -0.258. The number of anilines is 1. The van der Waals surface area contributed by atoms with Crippen LogP contribution in [-0.2, 0) is 16.2 Å². The summed E-state index contributed by atoms with van der Waals surface area (Å²) < 4.78 is 5.94. The van der Waals surface area contributed by atoms with E-state index >= 15 is 0 Å². The zero-order valence-electron chi connectivity index (χ0n) is 19.7. The van der Waals surface area contributed by atoms with Gasteiger partial charge in [-0.2, -0.15) is 5.26 Å². The van der Waals surface area contributed by atoms with E-state index in [1.807, 2.05) is 24.3 Å². The summed E-state index contributed by atoms with van der Waals surface area (Å²) in [6.45, 7) is 2.54. The van der Waals surface area contributed by atoms with Gasteiger partial charge in [-0.05, 0) is 67.3 Å². The highest BCUT2D eigenvalue weighted by atomic mass is 16.5. The molecule has 0 N–H and O–H groups in total. The molecule has 1 atom stereocenters. The van der Waals surface area contributed by atoms with Crippen molar-refractivity contribution in [1.82, 2.24) is 0 Å². The van der Waals surface area contributed by atoms with Crippen LogP contribution in [0.15, 0.2) is 84.1 Å². The van der Waals surface area contributed by atoms with Crippen LogP contribution in [0.3, 0.4) is 0 Å². The van der Waals surface area contributed by atoms with E-state index in [0.29, 0.717) is 30.7 Å². The third-order valence-electron chi connectivity index (χ3n) is 6.74. The Hall–Kier alpha value is -4.17. The third kappa shape index (κ3) is 4.61. The van der Waals surface area contributed by atoms with Gasteiger partial charge in [0.15, 0.2) is 5.78 Å². The molecule has 0 saturated heterocycles. The first kappa shape index (κ1) is 22.6. The summed E-state index contributed by atoms with van der Waals surface area (Å²) in [6, 6.07) is 25.1. The molecule has 0 fully saturated rings. The van der Waals surface area contributed by atoms with Crippen molar-refractivity contribution in [1.29, 1.82) is 5.26 Å². The van der Waals surface area contributed by atoms with Gasteiger partial charge in [-0.3, -0.25) is 14.5 Å². The van der Waals surface area contributed by atoms with E-state index in [2.05, 4.69) is 37.3 Å². The number of aryl methyl sites for hydroxylation is 1. The van der Waals surface area contributed by atoms with Crippen LogP contribution in [0.5, 0.6) is 5.75 Å². The van der Waals surface area contributed by atoms with Crippen molar-refractivity contribution in [3.63, 3.8) is 0 Å². The monoisotopic (exact) mass is 462 g/mol. The van der Waals surface area contributed by atoms with E-state index in [9.17, 15) is 9.59 Å². The Kier molecular flexibility index (Phi) is 6.20. The van der Waals surface area contributed by atoms with Gasteiger partial charge in [0.05, 0.1) is 11.6 Å². The van der Waals surface area contributed by atoms with Gasteiger partial charge < -0.3 is 4.74 Å². The lowest BCUT2D eigenvalue weighted by molar-refractivity contribution is -0.119. The maximum atomic E-state index is 13.3. The Morgan fingerprint density at radius 1 is 0.943 bits per heavy atom. The van der Waals surface area contributed by atoms with Crippen molar-refractivity contribution in [2.24, 2.45) is 0 Å². The molecule has 1 heterocycles. The predicted molar refractivity (Wildman–Crippen MR) is 134 cm³/mol. The van der Waals surface area contributed by atoms with E-state index < -0.39 is 0 Å². The highest BCUT2D eigenvalue weighted by Crippen LogP contribution is 2.43. The molecular weight excluding hydrogens is 436 g/mol. The molecular formula is C30H26N2O3. The fourth-order valence-electron chi connectivity index (χ4n) is 4.91. The lowest BCUT2D eigenvalue weighted by atomic mass is 9.77. The number of nitriles is 1. The summed E-state index contributed by atoms with van der Waals surface area (Å²) in [5.41, 5.74) is 6.04. The lowest BCUT2D eigenvalue weighted by Gasteiger charge is -2.38. The number of allylic oxidation sites excluding steroid dienone is 2. The number of rotatable bonds is 5. The highest BCUT2D eigenvalue weighted by molar-refractivity contribution is 6.07. The second kappa shape index (κ2) is 9.60. The lowest BCUT2D eigenvalue weighted by Crippen LogP contribution is -2.40. The summed E-state index contributed by atoms with van der Waals surface area (Å²) in [6.07, 6.45) is 2.15. The average Bonchev–Trinajstić information content (AvgIpc) is 2.88. The van der Waals surface area contributed by atoms with Crippen LogP contribution < -0.4 is 9.64 Å². The van der Waals surface area contributed by atoms with Crippen LogP contribution in [0.1, 0.15) is 53.9 Å². The van der Waals surface area contributed by atoms with Crippen LogP contribution in [0.2, 0.25) is 0 Å². The number of carbonyl (C=O) groups excluding carboxylic acids is 2. The van der Waals surface area contributed by atoms with E-state index in [1.165, 1.54) is 5.56 Å². The van der Waals surface area contributed by atoms with Crippen LogP contribution in [-0.4, -0.2) is 11.7 Å². The second-order valence-corrected chi connectivity index (χ2v) is 9.12. The minimum Gasteiger partial charge on any atom is -0.489 e. The predicted octanol–water partition coefficient (Wildman–Crippen LogP) is 5.97. The molecule has 5 nitrogen and oxygen atoms in total. The number of amides is 1. The van der Waals surface area contributed by atoms with Crippen molar-refractivity contribution >= 4 is 17.4 Å². The van der Waals surface area contributed by atoms with Gasteiger partial charge in [-0.15, -0.1) is 0 Å². The number of nitrogens with zero attached hydrogens (tertiary/aromatic N) is 2. The number of carbonyl (C=O) groups is 2. The summed E-state index contributed by atoms with van der Waals surface area (Å²) in [4.78, 5) is 28.1. The van der Waals surface area contributed by atoms with Crippen molar-refractivity contribution in [3.8, 4) is 11.8 Å². The van der Waals surface area contributed by atoms with Crippen LogP contribution in [0.4, 0.5) is 5.69 Å². The standard InChI is InChI=1S/C30H26N2O3/c1-20-5-7-22(8-6-20)19-35-25-15-11-23(12-16-25)26-17-29(34)32(24-13-9-21(18-31)10-14-24)27-3-2-4-28(33)30(26)27/h5-16,26H,2-4,17,19H2,1H3. The maximum absolute atomic E-state index is 13.3. The summed E-state index contributed by atoms with van der Waals surface area (Å²) in [7, 11) is 0. The average molecular weight is 463 g/mol. The smallest absolute Gasteiger partial charge is 0.232 e. The number of hydrogen-bond acceptors (Lipinski definition) is 4. The molecule has 1 aliphatic carbocycles. The Labute approximate surface area is 205 Å². The van der Waals surface area contributed by atoms with Gasteiger partial charge in [0.2, 0.25) is 5.91 Å². The first-order chi connectivity index (χ1) is 17.0. The molecule has 0 radical (unpaired) electrons. The first-order valence-corrected chi connectivity index (χ1v) is 11.9. The molecule has 0 bridgehead atoms. The van der Waals surface area contributed by atoms with E-state index in [-0.39, 0.29) is 24.0 Å². The van der Waals surface area contributed by atoms with Crippen molar-refractivity contribution in [2.75, 3.05) is 4.90 Å². The largest absolute Gasteiger partial charge is 0.489 e. The molecule has 0 saturated carbocycles. The Balaban J connectivity index is 1.41. The van der Waals surface area contributed by atoms with E-state index in [4.69, 9.17) is 10.00 Å². The van der Waals surface area contributed by atoms with E-state index in [0.717, 1.165) is 34.6 Å². The van der Waals surface area contributed by atoms with Gasteiger partial charge in [-0.1, -0.05) is 42.0 Å². The molecule has 174 valence electrons. The highest BCUT2D eigenvalue weighted by Gasteiger charge is 2.39. The molecule has 0 aromatic heterocycles. The van der Waals surface area contributed by atoms with Crippen molar-refractivity contribution in [3.05, 3.63) is 106 Å². The van der Waals surface area contributed by atoms with Gasteiger partial charge in [-0.25, -0.2) is 0 Å². The Morgan fingerprint density at radius 2 is 1.66 bits per heavy atom. The third-order valence-corrected chi connectivity index (χ3v) is 6.74. The quantitative estimate of drug-likeness (QED) is 0.468. The molecule has 2 aliphatic rings. The molecule has 1 amide bonds. The topological polar surface area (TPSA) is 70.4 Å². The first-order valence-electron chi connectivity index (χ1n) is 11.9. The molecule has 5 rings (SSSR count). The summed E-state index contributed by atoms with van der Waals surface area (Å²) in [5, 5.41) is 9.10. The fourth-order valence-corrected chi connectivity index (χ4v) is 4.91. The second-order valence-electron chi connectivity index (χ2n) is 9.12. The molecule has 0 spiro atoms. The zero-order chi connectivity index (χ0) is 24.4. The molecule has 35 heavy (non-hydrogen) atoms. The van der Waals surface area contributed by atoms with Crippen LogP contribution in [0.25, 0.3) is 0 Å². The molecule has 5 heteroatoms. The summed E-state index contributed by atoms with van der Waals surface area (Å²) in [5.74, 6) is 0.570. The molecule has 3 aromatic rings. The summed E-state index contributed by atoms with van der Waals surface area (Å²) >= 11 is 0. The minimum absolute atomic E-state index is 0.0344. The number of ketones is 1. The zero-order valence-corrected chi connectivity index (χ0v) is 19.7. The van der Waals surface area contributed by atoms with Gasteiger partial charge in [0, 0.05) is 35.7 Å². The fraction of sp³-hybridized carbons (Fsp3) is 0.233. The number of ether oxygens (including phenoxy) is 1. The van der Waals surface area contributed by atoms with Gasteiger partial charge >= 0.3 is 0 Å². The molecule has 1 aliphatic heterocycles. The van der Waals surface area contributed by atoms with Crippen LogP contribution in [0, 0.1) is 18.3 Å². The number of hydrogen-bond donors (Lipinski definition) is 0. The Morgan fingerprint density at radius 3 is 2.34 bits per heavy atom. The van der Waals surface area contributed by atoms with E-state index in [1.54, 1.807) is 29.2 Å². The normalized spacial score (nSPS) is 17.7. The van der Waals surface area contributed by atoms with Gasteiger partial charge in [0.1, 0.15) is 12.4 Å². The molecule has 3 aromatic carbocycles.